The summed E-state index contributed by atoms with van der Waals surface area (Å²) in [5.74, 6) is 1.93. The number of nitrogen functional groups attached to an aromatic ring is 1. The summed E-state index contributed by atoms with van der Waals surface area (Å²) in [6.07, 6.45) is 11.2. The summed E-state index contributed by atoms with van der Waals surface area (Å²) in [5, 5.41) is 7.84. The van der Waals surface area contributed by atoms with Crippen molar-refractivity contribution >= 4 is 17.6 Å². The van der Waals surface area contributed by atoms with Gasteiger partial charge in [0.2, 0.25) is 0 Å². The van der Waals surface area contributed by atoms with E-state index >= 15 is 0 Å². The van der Waals surface area contributed by atoms with E-state index in [1.807, 2.05) is 4.90 Å². The molecule has 0 aromatic carbocycles. The minimum absolute atomic E-state index is 0.00548. The first-order valence-corrected chi connectivity index (χ1v) is 18.1. The van der Waals surface area contributed by atoms with Gasteiger partial charge in [-0.3, -0.25) is 14.8 Å². The van der Waals surface area contributed by atoms with Crippen LogP contribution >= 0.6 is 0 Å². The maximum Gasteiger partial charge on any atom is 0.330 e. The number of methoxy groups -OCH3 is 1. The molecule has 1 aromatic heterocycles. The second-order valence-corrected chi connectivity index (χ2v) is 18.1. The zero-order valence-corrected chi connectivity index (χ0v) is 29.6. The first kappa shape index (κ1) is 32.4. The number of aromatic nitrogens is 2. The lowest BCUT2D eigenvalue weighted by molar-refractivity contribution is -0.162. The largest absolute Gasteiger partial charge is 0.468 e. The van der Waals surface area contributed by atoms with E-state index in [1.165, 1.54) is 31.2 Å². The van der Waals surface area contributed by atoms with Crippen LogP contribution in [0.4, 0.5) is 5.82 Å². The third-order valence-corrected chi connectivity index (χ3v) is 15.2. The molecule has 8 nitrogen and oxygen atoms in total. The molecule has 6 aliphatic rings. The van der Waals surface area contributed by atoms with Gasteiger partial charge in [0.1, 0.15) is 5.82 Å². The van der Waals surface area contributed by atoms with Crippen LogP contribution in [-0.2, 0) is 30.9 Å². The molecular formula is C38H58N4O4. The number of hydrogen-bond acceptors (Lipinski definition) is 7. The molecule has 3 saturated carbocycles. The first-order chi connectivity index (χ1) is 21.6. The van der Waals surface area contributed by atoms with E-state index in [2.05, 4.69) is 64.7 Å². The highest BCUT2D eigenvalue weighted by molar-refractivity contribution is 6.04. The SMILES string of the molecule is COC(=O)C(C(=O)[C@@H]1CC(C)(C)C[C@@H]2C3=CCC4[C@@]5(C)Cc6c(N)n[nH]c6C(C)(C)[C@@H]5CC[C@@]4(C)[C@]3(C)CC[C@@H]21)N1CCOCC1. The van der Waals surface area contributed by atoms with E-state index in [-0.39, 0.29) is 44.7 Å². The van der Waals surface area contributed by atoms with E-state index in [0.29, 0.717) is 49.9 Å². The molecule has 4 fully saturated rings. The molecule has 3 N–H and O–H groups in total. The third-order valence-electron chi connectivity index (χ3n) is 15.2. The number of Topliss-reactive ketones (excluding diaryl/α,β-unsaturated/α-hetero) is 1. The molecule has 2 heterocycles. The monoisotopic (exact) mass is 634 g/mol. The fourth-order valence-electron chi connectivity index (χ4n) is 12.9. The Kier molecular flexibility index (Phi) is 7.50. The van der Waals surface area contributed by atoms with E-state index < -0.39 is 12.0 Å². The van der Waals surface area contributed by atoms with E-state index in [0.717, 1.165) is 38.5 Å². The van der Waals surface area contributed by atoms with Crippen molar-refractivity contribution in [1.29, 1.82) is 0 Å². The van der Waals surface area contributed by atoms with E-state index in [1.54, 1.807) is 5.57 Å². The molecule has 254 valence electrons. The van der Waals surface area contributed by atoms with Crippen LogP contribution in [0.1, 0.15) is 105 Å². The molecule has 0 radical (unpaired) electrons. The summed E-state index contributed by atoms with van der Waals surface area (Å²) in [5.41, 5.74) is 11.0. The Hall–Kier alpha value is -2.19. The van der Waals surface area contributed by atoms with Gasteiger partial charge < -0.3 is 15.2 Å². The smallest absolute Gasteiger partial charge is 0.330 e. The van der Waals surface area contributed by atoms with Crippen molar-refractivity contribution in [1.82, 2.24) is 15.1 Å². The maximum absolute atomic E-state index is 14.6. The number of nitrogens with zero attached hydrogens (tertiary/aromatic N) is 2. The highest BCUT2D eigenvalue weighted by atomic mass is 16.5. The molecule has 1 aliphatic heterocycles. The number of morpholine rings is 1. The molecule has 7 rings (SSSR count). The number of ether oxygens (including phenoxy) is 2. The molecule has 46 heavy (non-hydrogen) atoms. The first-order valence-electron chi connectivity index (χ1n) is 18.1. The average molecular weight is 635 g/mol. The average Bonchev–Trinajstić information content (AvgIpc) is 3.37. The highest BCUT2D eigenvalue weighted by Gasteiger charge is 2.67. The van der Waals surface area contributed by atoms with Crippen LogP contribution < -0.4 is 5.73 Å². The van der Waals surface area contributed by atoms with Crippen LogP contribution in [0.2, 0.25) is 0 Å². The van der Waals surface area contributed by atoms with Crippen LogP contribution in [0, 0.1) is 51.2 Å². The van der Waals surface area contributed by atoms with Crippen LogP contribution in [0.3, 0.4) is 0 Å². The Balaban J connectivity index is 1.25. The van der Waals surface area contributed by atoms with Gasteiger partial charge in [-0.25, -0.2) is 4.79 Å². The fourth-order valence-corrected chi connectivity index (χ4v) is 12.9. The van der Waals surface area contributed by atoms with Gasteiger partial charge in [-0.1, -0.05) is 60.1 Å². The number of carbonyl (C=O) groups is 2. The topological polar surface area (TPSA) is 111 Å². The molecule has 1 saturated heterocycles. The highest BCUT2D eigenvalue weighted by Crippen LogP contribution is 2.74. The summed E-state index contributed by atoms with van der Waals surface area (Å²) in [6.45, 7) is 19.5. The van der Waals surface area contributed by atoms with Gasteiger partial charge >= 0.3 is 5.97 Å². The van der Waals surface area contributed by atoms with Gasteiger partial charge in [-0.2, -0.15) is 5.10 Å². The summed E-state index contributed by atoms with van der Waals surface area (Å²) in [7, 11) is 1.41. The molecule has 5 aliphatic carbocycles. The zero-order chi connectivity index (χ0) is 33.0. The Morgan fingerprint density at radius 3 is 2.46 bits per heavy atom. The number of ketones is 1. The van der Waals surface area contributed by atoms with E-state index in [9.17, 15) is 9.59 Å². The third kappa shape index (κ3) is 4.40. The van der Waals surface area contributed by atoms with E-state index in [4.69, 9.17) is 15.2 Å². The second kappa shape index (κ2) is 10.7. The number of allylic oxidation sites excluding steroid dienone is 2. The Morgan fingerprint density at radius 1 is 1.04 bits per heavy atom. The Bertz CT molecular complexity index is 1440. The van der Waals surface area contributed by atoms with Crippen molar-refractivity contribution in [2.24, 2.45) is 51.2 Å². The molecular weight excluding hydrogens is 576 g/mol. The number of nitrogens with two attached hydrogens (primary N) is 1. The van der Waals surface area contributed by atoms with Crippen molar-refractivity contribution in [2.75, 3.05) is 39.1 Å². The molecule has 2 unspecified atom stereocenters. The number of carbonyl (C=O) groups excluding carboxylic acids is 2. The van der Waals surface area contributed by atoms with Gasteiger partial charge in [0.25, 0.3) is 0 Å². The predicted molar refractivity (Wildman–Crippen MR) is 179 cm³/mol. The summed E-state index contributed by atoms with van der Waals surface area (Å²) in [4.78, 5) is 29.8. The van der Waals surface area contributed by atoms with Gasteiger partial charge in [0.05, 0.1) is 20.3 Å². The van der Waals surface area contributed by atoms with Crippen molar-refractivity contribution in [3.05, 3.63) is 22.9 Å². The normalized spacial score (nSPS) is 41.8. The Morgan fingerprint density at radius 2 is 1.76 bits per heavy atom. The lowest BCUT2D eigenvalue weighted by Gasteiger charge is -2.70. The second-order valence-electron chi connectivity index (χ2n) is 18.1. The van der Waals surface area contributed by atoms with Crippen LogP contribution in [0.25, 0.3) is 0 Å². The zero-order valence-electron chi connectivity index (χ0n) is 29.6. The molecule has 0 amide bonds. The lowest BCUT2D eigenvalue weighted by atomic mass is 9.34. The Labute approximate surface area is 276 Å². The number of nitrogens with one attached hydrogen (secondary N) is 1. The van der Waals surface area contributed by atoms with Crippen LogP contribution in [0.5, 0.6) is 0 Å². The molecule has 8 heteroatoms. The van der Waals surface area contributed by atoms with Gasteiger partial charge in [-0.15, -0.1) is 0 Å². The number of aromatic amines is 1. The number of esters is 1. The van der Waals surface area contributed by atoms with Gasteiger partial charge in [0.15, 0.2) is 11.8 Å². The minimum atomic E-state index is -0.839. The lowest BCUT2D eigenvalue weighted by Crippen LogP contribution is -2.64. The van der Waals surface area contributed by atoms with Crippen molar-refractivity contribution in [3.63, 3.8) is 0 Å². The standard InChI is InChI=1S/C38H58N4O4/c1-34(2)19-23-22(24(20-34)30(43)29(33(44)45-8)42-15-17-46-18-16-42)11-13-37(6)26(23)9-10-28-36(5)21-25-31(40-41-32(25)39)35(3,4)27(36)12-14-38(28,37)7/h9,22-24,27-29H,10-21H2,1-8H3,(H3,39,40,41)/t22-,23-,24+,27-,28?,29?,36-,37+,38+/m0/s1. The molecule has 1 aromatic rings. The van der Waals surface area contributed by atoms with Crippen LogP contribution in [0.15, 0.2) is 11.6 Å². The predicted octanol–water partition coefficient (Wildman–Crippen LogP) is 6.11. The summed E-state index contributed by atoms with van der Waals surface area (Å²) in [6, 6.07) is -0.839. The maximum atomic E-state index is 14.6. The summed E-state index contributed by atoms with van der Waals surface area (Å²) >= 11 is 0. The molecule has 0 spiro atoms. The number of fused-ring (bicyclic) bond motifs is 8. The van der Waals surface area contributed by atoms with Crippen molar-refractivity contribution < 1.29 is 19.1 Å². The number of anilines is 1. The quantitative estimate of drug-likeness (QED) is 0.234. The number of hydrogen-bond donors (Lipinski definition) is 2. The number of H-pyrrole nitrogens is 1. The van der Waals surface area contributed by atoms with Crippen molar-refractivity contribution in [2.45, 2.75) is 111 Å². The van der Waals surface area contributed by atoms with Crippen LogP contribution in [-0.4, -0.2) is 66.3 Å². The molecule has 9 atom stereocenters. The summed E-state index contributed by atoms with van der Waals surface area (Å²) < 4.78 is 10.8. The van der Waals surface area contributed by atoms with Crippen molar-refractivity contribution in [3.8, 4) is 0 Å². The minimum Gasteiger partial charge on any atom is -0.468 e. The van der Waals surface area contributed by atoms with Gasteiger partial charge in [-0.05, 0) is 96.7 Å². The number of rotatable bonds is 4. The van der Waals surface area contributed by atoms with Gasteiger partial charge in [0, 0.05) is 35.7 Å². The fraction of sp³-hybridized carbons (Fsp3) is 0.816. The molecule has 0 bridgehead atoms.